The van der Waals surface area contributed by atoms with E-state index in [9.17, 15) is 20.9 Å². The lowest BCUT2D eigenvalue weighted by molar-refractivity contribution is -0.130. The molecule has 0 aliphatic heterocycles. The third-order valence-electron chi connectivity index (χ3n) is 0.401. The summed E-state index contributed by atoms with van der Waals surface area (Å²) < 4.78 is 68.9. The minimum Gasteiger partial charge on any atom is -0.171 e. The van der Waals surface area contributed by atoms with Crippen LogP contribution in [0.5, 0.6) is 0 Å². The lowest BCUT2D eigenvalue weighted by Gasteiger charge is -1.96. The van der Waals surface area contributed by atoms with Crippen molar-refractivity contribution in [2.45, 2.75) is 19.5 Å². The highest BCUT2D eigenvalue weighted by Gasteiger charge is 2.22. The van der Waals surface area contributed by atoms with Crippen molar-refractivity contribution in [3.63, 3.8) is 0 Å². The number of hydrogen-bond donors (Lipinski definition) is 0. The Balaban J connectivity index is 0. The van der Waals surface area contributed by atoms with E-state index in [4.69, 9.17) is 8.42 Å². The third-order valence-corrected chi connectivity index (χ3v) is 0.401. The van der Waals surface area contributed by atoms with Crippen molar-refractivity contribution < 1.29 is 29.4 Å². The van der Waals surface area contributed by atoms with Crippen LogP contribution in [0.1, 0.15) is 13.3 Å². The molecule has 0 amide bonds. The Hall–Kier alpha value is -0.400. The Labute approximate surface area is 60.5 Å². The van der Waals surface area contributed by atoms with E-state index in [-0.39, 0.29) is 0 Å². The fourth-order valence-electron chi connectivity index (χ4n) is 0. The molecule has 70 valence electrons. The fourth-order valence-corrected chi connectivity index (χ4v) is 0. The average molecular weight is 200 g/mol. The van der Waals surface area contributed by atoms with Crippen LogP contribution in [0.15, 0.2) is 0 Å². The molecule has 0 N–H and O–H groups in total. The highest BCUT2D eigenvalue weighted by atomic mass is 32.3. The molecule has 0 aromatic heterocycles. The van der Waals surface area contributed by atoms with Crippen LogP contribution in [-0.4, -0.2) is 14.6 Å². The second-order valence-corrected chi connectivity index (χ2v) is 2.10. The minimum atomic E-state index is -5.67. The summed E-state index contributed by atoms with van der Waals surface area (Å²) in [6.45, 7) is 1.08. The second kappa shape index (κ2) is 4.47. The van der Waals surface area contributed by atoms with E-state index >= 15 is 0 Å². The zero-order valence-corrected chi connectivity index (χ0v) is 6.14. The van der Waals surface area contributed by atoms with Gasteiger partial charge in [-0.1, -0.05) is 14.7 Å². The van der Waals surface area contributed by atoms with Crippen molar-refractivity contribution in [1.29, 1.82) is 0 Å². The Kier molecular flexibility index (Phi) is 5.37. The van der Waals surface area contributed by atoms with Crippen LogP contribution in [0.2, 0.25) is 0 Å². The van der Waals surface area contributed by atoms with E-state index in [0.717, 1.165) is 6.92 Å². The lowest BCUT2D eigenvalue weighted by Crippen LogP contribution is -2.02. The van der Waals surface area contributed by atoms with Gasteiger partial charge in [0.25, 0.3) is 0 Å². The van der Waals surface area contributed by atoms with Crippen LogP contribution in [0.25, 0.3) is 0 Å². The number of rotatable bonds is 0. The molecule has 11 heavy (non-hydrogen) atoms. The topological polar surface area (TPSA) is 34.1 Å². The van der Waals surface area contributed by atoms with Crippen LogP contribution in [0, 0.1) is 0 Å². The first-order valence-electron chi connectivity index (χ1n) is 2.27. The molecule has 0 rings (SSSR count). The van der Waals surface area contributed by atoms with Crippen molar-refractivity contribution in [2.24, 2.45) is 0 Å². The molecule has 0 heterocycles. The molecular weight excluding hydrogens is 195 g/mol. The van der Waals surface area contributed by atoms with Gasteiger partial charge in [0.15, 0.2) is 0 Å². The first-order chi connectivity index (χ1) is 4.56. The zero-order chi connectivity index (χ0) is 9.71. The Morgan fingerprint density at radius 1 is 1.18 bits per heavy atom. The molecule has 0 bridgehead atoms. The van der Waals surface area contributed by atoms with Crippen LogP contribution in [-0.2, 0) is 10.6 Å². The maximum Gasteiger partial charge on any atom is 0.476 e. The molecule has 0 aromatic carbocycles. The van der Waals surface area contributed by atoms with Crippen molar-refractivity contribution in [2.75, 3.05) is 0 Å². The van der Waals surface area contributed by atoms with E-state index in [1.165, 1.54) is 0 Å². The van der Waals surface area contributed by atoms with Crippen molar-refractivity contribution in [1.82, 2.24) is 0 Å². The second-order valence-electron chi connectivity index (χ2n) is 1.35. The van der Waals surface area contributed by atoms with Crippen molar-refractivity contribution >= 4 is 10.6 Å². The smallest absolute Gasteiger partial charge is 0.171 e. The SMILES string of the molecule is CCC(F)(F)F.O=S(=O)(F)F. The molecule has 0 aliphatic rings. The standard InChI is InChI=1S/C3H5F3.F2O2S/c1-2-3(4,5)6;1-5(2,3)4/h2H2,1H3;. The molecule has 0 radical (unpaired) electrons. The van der Waals surface area contributed by atoms with E-state index in [2.05, 4.69) is 0 Å². The van der Waals surface area contributed by atoms with Gasteiger partial charge in [0, 0.05) is 6.42 Å². The van der Waals surface area contributed by atoms with Crippen LogP contribution >= 0.6 is 0 Å². The predicted octanol–water partition coefficient (Wildman–Crippen LogP) is 2.13. The first-order valence-corrected chi connectivity index (χ1v) is 3.55. The largest absolute Gasteiger partial charge is 0.476 e. The van der Waals surface area contributed by atoms with Gasteiger partial charge in [-0.05, 0) is 0 Å². The van der Waals surface area contributed by atoms with Crippen LogP contribution < -0.4 is 0 Å². The van der Waals surface area contributed by atoms with Crippen molar-refractivity contribution in [3.05, 3.63) is 0 Å². The van der Waals surface area contributed by atoms with Gasteiger partial charge in [-0.3, -0.25) is 0 Å². The van der Waals surface area contributed by atoms with Gasteiger partial charge in [0.2, 0.25) is 0 Å². The minimum absolute atomic E-state index is 0.729. The molecule has 8 heteroatoms. The normalized spacial score (nSPS) is 11.8. The predicted molar refractivity (Wildman–Crippen MR) is 27.5 cm³/mol. The van der Waals surface area contributed by atoms with Crippen LogP contribution in [0.4, 0.5) is 20.9 Å². The molecule has 0 saturated carbocycles. The Morgan fingerprint density at radius 3 is 1.27 bits per heavy atom. The first kappa shape index (κ1) is 13.2. The third kappa shape index (κ3) is 82.0. The highest BCUT2D eigenvalue weighted by molar-refractivity contribution is 7.81. The van der Waals surface area contributed by atoms with Crippen molar-refractivity contribution in [3.8, 4) is 0 Å². The molecule has 0 atom stereocenters. The molecule has 0 unspecified atom stereocenters. The monoisotopic (exact) mass is 200 g/mol. The van der Waals surface area contributed by atoms with Gasteiger partial charge >= 0.3 is 16.8 Å². The summed E-state index contributed by atoms with van der Waals surface area (Å²) in [5.41, 5.74) is 0. The lowest BCUT2D eigenvalue weighted by atomic mass is 10.5. The fraction of sp³-hybridized carbons (Fsp3) is 1.00. The van der Waals surface area contributed by atoms with E-state index in [1.54, 1.807) is 0 Å². The average Bonchev–Trinajstić information content (AvgIpc) is 1.59. The Bertz CT molecular complexity index is 172. The summed E-state index contributed by atoms with van der Waals surface area (Å²) in [5, 5.41) is 0. The molecule has 0 fully saturated rings. The Morgan fingerprint density at radius 2 is 1.27 bits per heavy atom. The zero-order valence-electron chi connectivity index (χ0n) is 5.32. The van der Waals surface area contributed by atoms with Gasteiger partial charge in [-0.2, -0.15) is 21.6 Å². The molecular formula is C3H5F5O2S. The summed E-state index contributed by atoms with van der Waals surface area (Å²) in [5.74, 6) is 0. The highest BCUT2D eigenvalue weighted by Crippen LogP contribution is 2.17. The van der Waals surface area contributed by atoms with Gasteiger partial charge < -0.3 is 0 Å². The van der Waals surface area contributed by atoms with Crippen LogP contribution in [0.3, 0.4) is 0 Å². The summed E-state index contributed by atoms with van der Waals surface area (Å²) in [4.78, 5) is 0. The van der Waals surface area contributed by atoms with Gasteiger partial charge in [0.1, 0.15) is 0 Å². The quantitative estimate of drug-likeness (QED) is 0.443. The molecule has 0 aromatic rings. The molecule has 0 spiro atoms. The van der Waals surface area contributed by atoms with E-state index in [1.807, 2.05) is 0 Å². The van der Waals surface area contributed by atoms with Gasteiger partial charge in [-0.15, -0.1) is 0 Å². The summed E-state index contributed by atoms with van der Waals surface area (Å²) in [6.07, 6.45) is -4.69. The van der Waals surface area contributed by atoms with Gasteiger partial charge in [-0.25, -0.2) is 0 Å². The maximum atomic E-state index is 10.8. The number of halogens is 5. The van der Waals surface area contributed by atoms with E-state index in [0.29, 0.717) is 0 Å². The summed E-state index contributed by atoms with van der Waals surface area (Å²) in [7, 11) is -5.67. The molecule has 0 saturated heterocycles. The molecule has 0 aliphatic carbocycles. The maximum absolute atomic E-state index is 10.8. The number of alkyl halides is 3. The number of hydrogen-bond acceptors (Lipinski definition) is 2. The molecule has 2 nitrogen and oxygen atoms in total. The van der Waals surface area contributed by atoms with Gasteiger partial charge in [0.05, 0.1) is 0 Å². The van der Waals surface area contributed by atoms with E-state index < -0.39 is 23.2 Å². The summed E-state index contributed by atoms with van der Waals surface area (Å²) in [6, 6.07) is 0. The summed E-state index contributed by atoms with van der Waals surface area (Å²) >= 11 is 0.